The molecule has 3 aromatic rings. The first kappa shape index (κ1) is 25.4. The summed E-state index contributed by atoms with van der Waals surface area (Å²) in [5.41, 5.74) is 0.960. The van der Waals surface area contributed by atoms with Gasteiger partial charge in [0.25, 0.3) is 11.6 Å². The second-order valence-electron chi connectivity index (χ2n) is 7.75. The normalized spacial score (nSPS) is 11.8. The molecule has 0 spiro atoms. The number of non-ortho nitro benzene ring substituents is 1. The maximum absolute atomic E-state index is 12.9. The third-order valence-corrected chi connectivity index (χ3v) is 6.25. The zero-order chi connectivity index (χ0) is 25.6. The van der Waals surface area contributed by atoms with Crippen LogP contribution in [-0.4, -0.2) is 38.0 Å². The first-order chi connectivity index (χ1) is 16.6. The molecule has 182 valence electrons. The van der Waals surface area contributed by atoms with Crippen LogP contribution in [0.3, 0.4) is 0 Å². The minimum atomic E-state index is -3.95. The molecule has 11 heteroatoms. The molecule has 0 fully saturated rings. The number of nitro benzene ring substituents is 1. The van der Waals surface area contributed by atoms with Crippen LogP contribution in [-0.2, 0) is 14.8 Å². The molecule has 3 rings (SSSR count). The maximum atomic E-state index is 12.9. The van der Waals surface area contributed by atoms with E-state index in [9.17, 15) is 28.1 Å². The van der Waals surface area contributed by atoms with Crippen LogP contribution in [0, 0.1) is 10.1 Å². The van der Waals surface area contributed by atoms with Crippen molar-refractivity contribution in [3.05, 3.63) is 100 Å². The van der Waals surface area contributed by atoms with Gasteiger partial charge in [-0.1, -0.05) is 48.5 Å². The van der Waals surface area contributed by atoms with E-state index in [4.69, 9.17) is 0 Å². The van der Waals surface area contributed by atoms with Gasteiger partial charge in [-0.25, -0.2) is 8.42 Å². The number of carbonyl (C=O) groups excluding carboxylic acids is 2. The predicted octanol–water partition coefficient (Wildman–Crippen LogP) is 3.49. The van der Waals surface area contributed by atoms with Crippen LogP contribution in [0.5, 0.6) is 0 Å². The Morgan fingerprint density at radius 2 is 1.66 bits per heavy atom. The van der Waals surface area contributed by atoms with Gasteiger partial charge in [-0.15, -0.1) is 0 Å². The summed E-state index contributed by atoms with van der Waals surface area (Å²) in [4.78, 5) is 36.1. The zero-order valence-electron chi connectivity index (χ0n) is 19.0. The number of rotatable bonds is 9. The fraction of sp³-hybridized carbons (Fsp3) is 0.167. The third-order valence-electron chi connectivity index (χ3n) is 5.11. The van der Waals surface area contributed by atoms with E-state index in [1.165, 1.54) is 30.3 Å². The Balaban J connectivity index is 1.79. The van der Waals surface area contributed by atoms with Gasteiger partial charge in [0, 0.05) is 12.1 Å². The number of anilines is 2. The number of amides is 2. The van der Waals surface area contributed by atoms with E-state index in [0.717, 1.165) is 22.2 Å². The van der Waals surface area contributed by atoms with Crippen molar-refractivity contribution in [2.45, 2.75) is 13.0 Å². The molecule has 0 aliphatic carbocycles. The Morgan fingerprint density at radius 3 is 2.31 bits per heavy atom. The molecule has 2 amide bonds. The molecule has 0 saturated heterocycles. The van der Waals surface area contributed by atoms with Crippen molar-refractivity contribution >= 4 is 38.9 Å². The fourth-order valence-electron chi connectivity index (χ4n) is 3.37. The zero-order valence-corrected chi connectivity index (χ0v) is 19.9. The van der Waals surface area contributed by atoms with Gasteiger partial charge in [0.2, 0.25) is 15.9 Å². The summed E-state index contributed by atoms with van der Waals surface area (Å²) in [6, 6.07) is 20.4. The van der Waals surface area contributed by atoms with E-state index < -0.39 is 33.3 Å². The van der Waals surface area contributed by atoms with E-state index >= 15 is 0 Å². The molecule has 0 aliphatic rings. The monoisotopic (exact) mass is 496 g/mol. The molecule has 2 N–H and O–H groups in total. The minimum Gasteiger partial charge on any atom is -0.345 e. The number of benzene rings is 3. The lowest BCUT2D eigenvalue weighted by molar-refractivity contribution is -0.384. The summed E-state index contributed by atoms with van der Waals surface area (Å²) in [6.07, 6.45) is 0.894. The quantitative estimate of drug-likeness (QED) is 0.343. The highest BCUT2D eigenvalue weighted by Gasteiger charge is 2.24. The first-order valence-electron chi connectivity index (χ1n) is 10.5. The van der Waals surface area contributed by atoms with Gasteiger partial charge in [-0.3, -0.25) is 24.0 Å². The molecule has 0 aliphatic heterocycles. The predicted molar refractivity (Wildman–Crippen MR) is 133 cm³/mol. The van der Waals surface area contributed by atoms with E-state index in [1.807, 2.05) is 37.3 Å². The van der Waals surface area contributed by atoms with Crippen LogP contribution in [0.1, 0.15) is 28.9 Å². The molecule has 0 bridgehead atoms. The minimum absolute atomic E-state index is 0.0282. The highest BCUT2D eigenvalue weighted by Crippen LogP contribution is 2.24. The Labute approximate surface area is 202 Å². The number of nitro groups is 1. The maximum Gasteiger partial charge on any atom is 0.271 e. The molecular formula is C24H24N4O6S. The van der Waals surface area contributed by atoms with Gasteiger partial charge < -0.3 is 10.6 Å². The molecule has 0 saturated carbocycles. The second kappa shape index (κ2) is 10.8. The molecule has 0 aromatic heterocycles. The topological polar surface area (TPSA) is 139 Å². The molecule has 1 atom stereocenters. The smallest absolute Gasteiger partial charge is 0.271 e. The van der Waals surface area contributed by atoms with Crippen molar-refractivity contribution in [1.29, 1.82) is 0 Å². The summed E-state index contributed by atoms with van der Waals surface area (Å²) < 4.78 is 25.4. The van der Waals surface area contributed by atoms with Crippen molar-refractivity contribution in [3.8, 4) is 0 Å². The summed E-state index contributed by atoms with van der Waals surface area (Å²) in [5, 5.41) is 16.5. The van der Waals surface area contributed by atoms with Crippen molar-refractivity contribution in [2.24, 2.45) is 0 Å². The van der Waals surface area contributed by atoms with Gasteiger partial charge in [0.1, 0.15) is 6.54 Å². The van der Waals surface area contributed by atoms with E-state index in [1.54, 1.807) is 12.1 Å². The van der Waals surface area contributed by atoms with E-state index in [2.05, 4.69) is 10.6 Å². The molecule has 0 radical (unpaired) electrons. The Kier molecular flexibility index (Phi) is 7.82. The standard InChI is InChI=1S/C24H24N4O6S/c1-17(18-9-4-3-5-10-18)25-24(30)21-13-6-7-14-22(21)26-23(29)16-27(35(2,33)34)19-11-8-12-20(15-19)28(31)32/h3-15,17H,16H2,1-2H3,(H,25,30)(H,26,29)/t17-/m1/s1. The van der Waals surface area contributed by atoms with Crippen LogP contribution in [0.15, 0.2) is 78.9 Å². The molecule has 3 aromatic carbocycles. The van der Waals surface area contributed by atoms with Crippen LogP contribution in [0.25, 0.3) is 0 Å². The van der Waals surface area contributed by atoms with Crippen molar-refractivity contribution in [3.63, 3.8) is 0 Å². The van der Waals surface area contributed by atoms with Crippen molar-refractivity contribution in [2.75, 3.05) is 22.4 Å². The third kappa shape index (κ3) is 6.64. The first-order valence-corrected chi connectivity index (χ1v) is 12.4. The number of nitrogens with zero attached hydrogens (tertiary/aromatic N) is 2. The number of nitrogens with one attached hydrogen (secondary N) is 2. The lowest BCUT2D eigenvalue weighted by atomic mass is 10.1. The van der Waals surface area contributed by atoms with Gasteiger partial charge >= 0.3 is 0 Å². The van der Waals surface area contributed by atoms with Gasteiger partial charge in [-0.05, 0) is 30.7 Å². The largest absolute Gasteiger partial charge is 0.345 e. The van der Waals surface area contributed by atoms with E-state index in [0.29, 0.717) is 0 Å². The fourth-order valence-corrected chi connectivity index (χ4v) is 4.22. The number of para-hydroxylation sites is 1. The van der Waals surface area contributed by atoms with Gasteiger partial charge in [-0.2, -0.15) is 0 Å². The highest BCUT2D eigenvalue weighted by atomic mass is 32.2. The SMILES string of the molecule is C[C@@H](NC(=O)c1ccccc1NC(=O)CN(c1cccc([N+](=O)[O-])c1)S(C)(=O)=O)c1ccccc1. The molecule has 10 nitrogen and oxygen atoms in total. The lowest BCUT2D eigenvalue weighted by Gasteiger charge is -2.22. The molecule has 0 heterocycles. The number of hydrogen-bond donors (Lipinski definition) is 2. The Morgan fingerprint density at radius 1 is 1.00 bits per heavy atom. The van der Waals surface area contributed by atoms with Gasteiger partial charge in [0.05, 0.1) is 34.2 Å². The second-order valence-corrected chi connectivity index (χ2v) is 9.65. The number of hydrogen-bond acceptors (Lipinski definition) is 6. The van der Waals surface area contributed by atoms with Crippen LogP contribution in [0.4, 0.5) is 17.1 Å². The van der Waals surface area contributed by atoms with E-state index in [-0.39, 0.29) is 28.7 Å². The summed E-state index contributed by atoms with van der Waals surface area (Å²) >= 11 is 0. The van der Waals surface area contributed by atoms with Crippen LogP contribution >= 0.6 is 0 Å². The van der Waals surface area contributed by atoms with Gasteiger partial charge in [0.15, 0.2) is 0 Å². The van der Waals surface area contributed by atoms with Crippen LogP contribution in [0.2, 0.25) is 0 Å². The highest BCUT2D eigenvalue weighted by molar-refractivity contribution is 7.92. The average molecular weight is 497 g/mol. The Bertz CT molecular complexity index is 1340. The number of carbonyl (C=O) groups is 2. The molecule has 0 unspecified atom stereocenters. The Hall–Kier alpha value is -4.25. The molecule has 35 heavy (non-hydrogen) atoms. The van der Waals surface area contributed by atoms with Crippen molar-refractivity contribution < 1.29 is 22.9 Å². The van der Waals surface area contributed by atoms with Crippen molar-refractivity contribution in [1.82, 2.24) is 5.32 Å². The average Bonchev–Trinajstić information content (AvgIpc) is 2.82. The number of sulfonamides is 1. The lowest BCUT2D eigenvalue weighted by Crippen LogP contribution is -2.37. The summed E-state index contributed by atoms with van der Waals surface area (Å²) in [7, 11) is -3.95. The molecular weight excluding hydrogens is 472 g/mol. The van der Waals surface area contributed by atoms with Crippen LogP contribution < -0.4 is 14.9 Å². The summed E-state index contributed by atoms with van der Waals surface area (Å²) in [5.74, 6) is -1.14. The summed E-state index contributed by atoms with van der Waals surface area (Å²) in [6.45, 7) is 1.19.